The Kier molecular flexibility index (Phi) is 3.15. The number of hydrogen-bond donors (Lipinski definition) is 1. The lowest BCUT2D eigenvalue weighted by molar-refractivity contribution is 0.472. The van der Waals surface area contributed by atoms with Crippen LogP contribution in [0.1, 0.15) is 32.1 Å². The van der Waals surface area contributed by atoms with Gasteiger partial charge in [-0.2, -0.15) is 0 Å². The van der Waals surface area contributed by atoms with E-state index in [1.807, 2.05) is 12.1 Å². The summed E-state index contributed by atoms with van der Waals surface area (Å²) in [5.74, 6) is 0. The average molecular weight is 251 g/mol. The number of benzene rings is 1. The lowest BCUT2D eigenvalue weighted by Gasteiger charge is -2.41. The van der Waals surface area contributed by atoms with E-state index in [9.17, 15) is 0 Å². The molecule has 0 aromatic heterocycles. The molecule has 0 radical (unpaired) electrons. The van der Waals surface area contributed by atoms with Crippen molar-refractivity contribution in [1.29, 1.82) is 0 Å². The summed E-state index contributed by atoms with van der Waals surface area (Å²) in [4.78, 5) is 2.58. The maximum absolute atomic E-state index is 6.05. The van der Waals surface area contributed by atoms with Gasteiger partial charge in [0.25, 0.3) is 0 Å². The number of nitrogens with zero attached hydrogens (tertiary/aromatic N) is 1. The van der Waals surface area contributed by atoms with E-state index in [4.69, 9.17) is 11.6 Å². The van der Waals surface area contributed by atoms with E-state index in [1.165, 1.54) is 50.0 Å². The van der Waals surface area contributed by atoms with Crippen molar-refractivity contribution in [2.75, 3.05) is 23.3 Å². The SMILES string of the molecule is Clc1ccc2c(c1)NCC1CCCCCCN21. The summed E-state index contributed by atoms with van der Waals surface area (Å²) in [7, 11) is 0. The Morgan fingerprint density at radius 2 is 2.06 bits per heavy atom. The van der Waals surface area contributed by atoms with E-state index in [0.717, 1.165) is 11.6 Å². The first-order valence-electron chi connectivity index (χ1n) is 6.65. The van der Waals surface area contributed by atoms with Gasteiger partial charge in [-0.15, -0.1) is 0 Å². The quantitative estimate of drug-likeness (QED) is 0.751. The van der Waals surface area contributed by atoms with Crippen molar-refractivity contribution < 1.29 is 0 Å². The van der Waals surface area contributed by atoms with Gasteiger partial charge in [-0.1, -0.05) is 30.9 Å². The Bertz CT molecular complexity index is 405. The highest BCUT2D eigenvalue weighted by Crippen LogP contribution is 2.35. The molecule has 0 spiro atoms. The second kappa shape index (κ2) is 4.77. The van der Waals surface area contributed by atoms with Gasteiger partial charge < -0.3 is 10.2 Å². The molecule has 2 nitrogen and oxygen atoms in total. The molecule has 1 fully saturated rings. The van der Waals surface area contributed by atoms with Gasteiger partial charge >= 0.3 is 0 Å². The standard InChI is InChI=1S/C14H19ClN2/c15-11-6-7-14-13(9-11)16-10-12-5-3-1-2-4-8-17(12)14/h6-7,9,12,16H,1-5,8,10H2. The molecular weight excluding hydrogens is 232 g/mol. The van der Waals surface area contributed by atoms with E-state index < -0.39 is 0 Å². The largest absolute Gasteiger partial charge is 0.381 e. The summed E-state index contributed by atoms with van der Waals surface area (Å²) in [6.45, 7) is 2.26. The highest BCUT2D eigenvalue weighted by Gasteiger charge is 2.26. The molecule has 17 heavy (non-hydrogen) atoms. The van der Waals surface area contributed by atoms with Crippen LogP contribution in [0.25, 0.3) is 0 Å². The second-order valence-corrected chi connectivity index (χ2v) is 5.53. The van der Waals surface area contributed by atoms with Gasteiger partial charge in [-0.3, -0.25) is 0 Å². The van der Waals surface area contributed by atoms with Crippen molar-refractivity contribution in [2.45, 2.75) is 38.1 Å². The normalized spacial score (nSPS) is 24.1. The van der Waals surface area contributed by atoms with Crippen LogP contribution in [0.4, 0.5) is 11.4 Å². The Hall–Kier alpha value is -0.890. The van der Waals surface area contributed by atoms with Gasteiger partial charge in [0.05, 0.1) is 11.4 Å². The molecule has 2 aliphatic heterocycles. The Labute approximate surface area is 108 Å². The average Bonchev–Trinajstić information content (AvgIpc) is 2.29. The molecule has 1 aromatic rings. The van der Waals surface area contributed by atoms with Gasteiger partial charge in [0.15, 0.2) is 0 Å². The van der Waals surface area contributed by atoms with Gasteiger partial charge in [-0.25, -0.2) is 0 Å². The molecule has 0 amide bonds. The fourth-order valence-electron chi connectivity index (χ4n) is 3.01. The Morgan fingerprint density at radius 3 is 3.00 bits per heavy atom. The zero-order valence-electron chi connectivity index (χ0n) is 10.1. The maximum atomic E-state index is 6.05. The molecule has 1 aromatic carbocycles. The molecule has 1 unspecified atom stereocenters. The third kappa shape index (κ3) is 2.23. The molecule has 3 rings (SSSR count). The van der Waals surface area contributed by atoms with Crippen LogP contribution in [0.3, 0.4) is 0 Å². The molecule has 1 N–H and O–H groups in total. The van der Waals surface area contributed by atoms with Crippen molar-refractivity contribution >= 4 is 23.0 Å². The predicted molar refractivity (Wildman–Crippen MR) is 74.2 cm³/mol. The lowest BCUT2D eigenvalue weighted by atomic mass is 9.98. The van der Waals surface area contributed by atoms with Gasteiger partial charge in [0, 0.05) is 24.2 Å². The van der Waals surface area contributed by atoms with Crippen molar-refractivity contribution in [1.82, 2.24) is 0 Å². The minimum Gasteiger partial charge on any atom is -0.381 e. The first-order valence-corrected chi connectivity index (χ1v) is 7.02. The molecule has 2 heterocycles. The number of halogens is 1. The van der Waals surface area contributed by atoms with Gasteiger partial charge in [0.2, 0.25) is 0 Å². The molecule has 2 aliphatic rings. The third-order valence-electron chi connectivity index (χ3n) is 3.92. The van der Waals surface area contributed by atoms with E-state index in [2.05, 4.69) is 16.3 Å². The molecule has 0 aliphatic carbocycles. The molecule has 3 heteroatoms. The van der Waals surface area contributed by atoms with Gasteiger partial charge in [-0.05, 0) is 31.0 Å². The number of hydrogen-bond acceptors (Lipinski definition) is 2. The summed E-state index contributed by atoms with van der Waals surface area (Å²) < 4.78 is 0. The lowest BCUT2D eigenvalue weighted by Crippen LogP contribution is -2.45. The number of nitrogens with one attached hydrogen (secondary N) is 1. The first kappa shape index (κ1) is 11.2. The van der Waals surface area contributed by atoms with Crippen molar-refractivity contribution in [3.05, 3.63) is 23.2 Å². The predicted octanol–water partition coefficient (Wildman–Crippen LogP) is 3.90. The smallest absolute Gasteiger partial charge is 0.0606 e. The van der Waals surface area contributed by atoms with Crippen molar-refractivity contribution in [2.24, 2.45) is 0 Å². The van der Waals surface area contributed by atoms with Crippen LogP contribution in [-0.2, 0) is 0 Å². The van der Waals surface area contributed by atoms with Crippen LogP contribution in [0, 0.1) is 0 Å². The van der Waals surface area contributed by atoms with Crippen LogP contribution in [-0.4, -0.2) is 19.1 Å². The fraction of sp³-hybridized carbons (Fsp3) is 0.571. The van der Waals surface area contributed by atoms with Crippen LogP contribution < -0.4 is 10.2 Å². The van der Waals surface area contributed by atoms with Crippen molar-refractivity contribution in [3.8, 4) is 0 Å². The number of anilines is 2. The molecular formula is C14H19ClN2. The molecule has 92 valence electrons. The second-order valence-electron chi connectivity index (χ2n) is 5.09. The van der Waals surface area contributed by atoms with Gasteiger partial charge in [0.1, 0.15) is 0 Å². The number of fused-ring (bicyclic) bond motifs is 3. The Morgan fingerprint density at radius 1 is 1.18 bits per heavy atom. The molecule has 0 saturated carbocycles. The zero-order valence-corrected chi connectivity index (χ0v) is 10.8. The van der Waals surface area contributed by atoms with Crippen LogP contribution in [0.2, 0.25) is 5.02 Å². The minimum atomic E-state index is 0.670. The number of rotatable bonds is 0. The summed E-state index contributed by atoms with van der Waals surface area (Å²) in [6, 6.07) is 6.89. The Balaban J connectivity index is 1.91. The summed E-state index contributed by atoms with van der Waals surface area (Å²) in [5, 5.41) is 4.35. The van der Waals surface area contributed by atoms with E-state index >= 15 is 0 Å². The molecule has 1 atom stereocenters. The zero-order chi connectivity index (χ0) is 11.7. The highest BCUT2D eigenvalue weighted by molar-refractivity contribution is 6.31. The third-order valence-corrected chi connectivity index (χ3v) is 4.16. The van der Waals surface area contributed by atoms with Crippen LogP contribution >= 0.6 is 11.6 Å². The van der Waals surface area contributed by atoms with Crippen LogP contribution in [0.5, 0.6) is 0 Å². The van der Waals surface area contributed by atoms with Crippen molar-refractivity contribution in [3.63, 3.8) is 0 Å². The summed E-state index contributed by atoms with van der Waals surface area (Å²) in [5.41, 5.74) is 2.54. The molecule has 1 saturated heterocycles. The molecule has 0 bridgehead atoms. The summed E-state index contributed by atoms with van der Waals surface area (Å²) in [6.07, 6.45) is 6.77. The first-order chi connectivity index (χ1) is 8.34. The maximum Gasteiger partial charge on any atom is 0.0606 e. The van der Waals surface area contributed by atoms with E-state index in [0.29, 0.717) is 6.04 Å². The summed E-state index contributed by atoms with van der Waals surface area (Å²) >= 11 is 6.05. The fourth-order valence-corrected chi connectivity index (χ4v) is 3.18. The minimum absolute atomic E-state index is 0.670. The highest BCUT2D eigenvalue weighted by atomic mass is 35.5. The van der Waals surface area contributed by atoms with E-state index in [1.54, 1.807) is 0 Å². The van der Waals surface area contributed by atoms with E-state index in [-0.39, 0.29) is 0 Å². The van der Waals surface area contributed by atoms with Crippen LogP contribution in [0.15, 0.2) is 18.2 Å². The topological polar surface area (TPSA) is 15.3 Å². The monoisotopic (exact) mass is 250 g/mol.